The second kappa shape index (κ2) is 5.73. The number of hydrogen-bond acceptors (Lipinski definition) is 8. The SMILES string of the molecule is CCNc1sc(S(=O)(=O)Nc2nccs2)cc1[N+](=O)[O-]. The van der Waals surface area contributed by atoms with Crippen LogP contribution in [0.1, 0.15) is 6.92 Å². The third-order valence-electron chi connectivity index (χ3n) is 2.14. The van der Waals surface area contributed by atoms with E-state index in [9.17, 15) is 18.5 Å². The van der Waals surface area contributed by atoms with E-state index in [0.29, 0.717) is 6.54 Å². The van der Waals surface area contributed by atoms with Crippen molar-refractivity contribution in [1.82, 2.24) is 4.98 Å². The second-order valence-electron chi connectivity index (χ2n) is 3.51. The van der Waals surface area contributed by atoms with Gasteiger partial charge in [0.25, 0.3) is 10.0 Å². The molecule has 0 atom stereocenters. The average Bonchev–Trinajstić information content (AvgIpc) is 2.98. The number of anilines is 2. The Balaban J connectivity index is 2.36. The fourth-order valence-electron chi connectivity index (χ4n) is 1.35. The molecule has 2 N–H and O–H groups in total. The molecule has 2 aromatic heterocycles. The van der Waals surface area contributed by atoms with Crippen LogP contribution in [-0.2, 0) is 10.0 Å². The Labute approximate surface area is 122 Å². The summed E-state index contributed by atoms with van der Waals surface area (Å²) in [6.45, 7) is 2.23. The monoisotopic (exact) mass is 334 g/mol. The number of nitrogens with one attached hydrogen (secondary N) is 2. The Morgan fingerprint density at radius 1 is 1.50 bits per heavy atom. The standard InChI is InChI=1S/C9H10N4O4S3/c1-2-10-8-6(13(14)15)5-7(19-8)20(16,17)12-9-11-3-4-18-9/h3-5,10H,2H2,1H3,(H,11,12). The van der Waals surface area contributed by atoms with E-state index in [-0.39, 0.29) is 20.0 Å². The van der Waals surface area contributed by atoms with Gasteiger partial charge >= 0.3 is 5.69 Å². The highest BCUT2D eigenvalue weighted by Crippen LogP contribution is 2.37. The third kappa shape index (κ3) is 3.05. The predicted molar refractivity (Wildman–Crippen MR) is 78.1 cm³/mol. The van der Waals surface area contributed by atoms with Gasteiger partial charge < -0.3 is 5.32 Å². The zero-order valence-corrected chi connectivity index (χ0v) is 12.6. The van der Waals surface area contributed by atoms with Crippen molar-refractivity contribution in [1.29, 1.82) is 0 Å². The minimum Gasteiger partial charge on any atom is -0.372 e. The summed E-state index contributed by atoms with van der Waals surface area (Å²) in [5.74, 6) is 0. The normalized spacial score (nSPS) is 11.2. The number of thiazole rings is 1. The van der Waals surface area contributed by atoms with Crippen LogP contribution < -0.4 is 10.0 Å². The van der Waals surface area contributed by atoms with Crippen molar-refractivity contribution in [3.63, 3.8) is 0 Å². The lowest BCUT2D eigenvalue weighted by atomic mass is 10.5. The number of nitro groups is 1. The van der Waals surface area contributed by atoms with Gasteiger partial charge in [-0.15, -0.1) is 11.3 Å². The molecule has 20 heavy (non-hydrogen) atoms. The summed E-state index contributed by atoms with van der Waals surface area (Å²) in [6, 6.07) is 1.04. The molecule has 0 unspecified atom stereocenters. The molecule has 0 bridgehead atoms. The number of hydrogen-bond donors (Lipinski definition) is 2. The number of rotatable bonds is 6. The molecule has 11 heteroatoms. The maximum atomic E-state index is 12.1. The molecule has 0 aromatic carbocycles. The molecule has 0 radical (unpaired) electrons. The Bertz CT molecular complexity index is 708. The topological polar surface area (TPSA) is 114 Å². The van der Waals surface area contributed by atoms with E-state index >= 15 is 0 Å². The van der Waals surface area contributed by atoms with Gasteiger partial charge in [-0.3, -0.25) is 14.8 Å². The molecule has 108 valence electrons. The molecule has 2 rings (SSSR count). The van der Waals surface area contributed by atoms with Crippen LogP contribution in [0.3, 0.4) is 0 Å². The molecule has 8 nitrogen and oxygen atoms in total. The summed E-state index contributed by atoms with van der Waals surface area (Å²) in [7, 11) is -3.86. The van der Waals surface area contributed by atoms with Crippen LogP contribution >= 0.6 is 22.7 Å². The third-order valence-corrected chi connectivity index (χ3v) is 5.86. The zero-order valence-electron chi connectivity index (χ0n) is 10.2. The summed E-state index contributed by atoms with van der Waals surface area (Å²) in [5.41, 5.74) is -0.253. The molecule has 0 amide bonds. The Kier molecular flexibility index (Phi) is 4.20. The zero-order chi connectivity index (χ0) is 14.8. The second-order valence-corrected chi connectivity index (χ2v) is 7.37. The number of aromatic nitrogens is 1. The van der Waals surface area contributed by atoms with E-state index in [1.165, 1.54) is 6.20 Å². The Morgan fingerprint density at radius 2 is 2.25 bits per heavy atom. The van der Waals surface area contributed by atoms with Crippen LogP contribution in [0, 0.1) is 10.1 Å². The van der Waals surface area contributed by atoms with E-state index in [0.717, 1.165) is 28.7 Å². The van der Waals surface area contributed by atoms with Gasteiger partial charge in [0, 0.05) is 24.2 Å². The van der Waals surface area contributed by atoms with Crippen molar-refractivity contribution in [3.05, 3.63) is 27.8 Å². The quantitative estimate of drug-likeness (QED) is 0.619. The summed E-state index contributed by atoms with van der Waals surface area (Å²) >= 11 is 1.94. The first-order valence-corrected chi connectivity index (χ1v) is 8.56. The van der Waals surface area contributed by atoms with E-state index in [1.54, 1.807) is 12.3 Å². The first-order chi connectivity index (χ1) is 9.44. The van der Waals surface area contributed by atoms with Crippen LogP contribution in [0.4, 0.5) is 15.8 Å². The highest BCUT2D eigenvalue weighted by molar-refractivity contribution is 7.95. The van der Waals surface area contributed by atoms with Crippen molar-refractivity contribution >= 4 is 48.5 Å². The maximum absolute atomic E-state index is 12.1. The van der Waals surface area contributed by atoms with Crippen molar-refractivity contribution in [2.24, 2.45) is 0 Å². The summed E-state index contributed by atoms with van der Waals surface area (Å²) in [4.78, 5) is 14.1. The highest BCUT2D eigenvalue weighted by Gasteiger charge is 2.26. The molecule has 0 aliphatic heterocycles. The van der Waals surface area contributed by atoms with Crippen molar-refractivity contribution < 1.29 is 13.3 Å². The van der Waals surface area contributed by atoms with Crippen LogP contribution in [0.2, 0.25) is 0 Å². The van der Waals surface area contributed by atoms with Crippen LogP contribution in [-0.4, -0.2) is 24.9 Å². The maximum Gasteiger partial charge on any atom is 0.304 e. The van der Waals surface area contributed by atoms with Gasteiger partial charge in [0.2, 0.25) is 0 Å². The lowest BCUT2D eigenvalue weighted by Crippen LogP contribution is -2.11. The summed E-state index contributed by atoms with van der Waals surface area (Å²) < 4.78 is 26.4. The van der Waals surface area contributed by atoms with Gasteiger partial charge in [-0.25, -0.2) is 13.4 Å². The Hall–Kier alpha value is -1.72. The van der Waals surface area contributed by atoms with Gasteiger partial charge in [-0.2, -0.15) is 0 Å². The number of nitrogens with zero attached hydrogens (tertiary/aromatic N) is 2. The predicted octanol–water partition coefficient (Wildman–Crippen LogP) is 2.35. The van der Waals surface area contributed by atoms with E-state index in [1.807, 2.05) is 0 Å². The van der Waals surface area contributed by atoms with Crippen molar-refractivity contribution in [2.45, 2.75) is 11.1 Å². The van der Waals surface area contributed by atoms with Gasteiger partial charge in [0.1, 0.15) is 4.21 Å². The van der Waals surface area contributed by atoms with Crippen LogP contribution in [0.15, 0.2) is 21.9 Å². The molecule has 0 aliphatic carbocycles. The number of thiophene rings is 1. The van der Waals surface area contributed by atoms with Crippen LogP contribution in [0.25, 0.3) is 0 Å². The highest BCUT2D eigenvalue weighted by atomic mass is 32.2. The smallest absolute Gasteiger partial charge is 0.304 e. The number of sulfonamides is 1. The molecule has 2 aromatic rings. The fourth-order valence-corrected chi connectivity index (χ4v) is 4.54. The van der Waals surface area contributed by atoms with Gasteiger partial charge in [-0.05, 0) is 6.92 Å². The average molecular weight is 334 g/mol. The molecule has 0 spiro atoms. The molecule has 0 saturated heterocycles. The van der Waals surface area contributed by atoms with Crippen LogP contribution in [0.5, 0.6) is 0 Å². The summed E-state index contributed by atoms with van der Waals surface area (Å²) in [5, 5.41) is 15.7. The van der Waals surface area contributed by atoms with Gasteiger partial charge in [0.15, 0.2) is 10.1 Å². The van der Waals surface area contributed by atoms with Gasteiger partial charge in [-0.1, -0.05) is 11.3 Å². The molecular weight excluding hydrogens is 324 g/mol. The Morgan fingerprint density at radius 3 is 2.80 bits per heavy atom. The molecule has 2 heterocycles. The first kappa shape index (κ1) is 14.7. The van der Waals surface area contributed by atoms with Gasteiger partial charge in [0.05, 0.1) is 4.92 Å². The lowest BCUT2D eigenvalue weighted by Gasteiger charge is -2.01. The minimum atomic E-state index is -3.86. The summed E-state index contributed by atoms with van der Waals surface area (Å²) in [6.07, 6.45) is 1.46. The molecule has 0 aliphatic rings. The fraction of sp³-hybridized carbons (Fsp3) is 0.222. The molecule has 0 saturated carbocycles. The van der Waals surface area contributed by atoms with E-state index < -0.39 is 14.9 Å². The van der Waals surface area contributed by atoms with Crippen molar-refractivity contribution in [3.8, 4) is 0 Å². The largest absolute Gasteiger partial charge is 0.372 e. The molecule has 0 fully saturated rings. The molecular formula is C9H10N4O4S3. The minimum absolute atomic E-state index is 0.129. The first-order valence-electron chi connectivity index (χ1n) is 5.38. The van der Waals surface area contributed by atoms with E-state index in [4.69, 9.17) is 0 Å². The van der Waals surface area contributed by atoms with Crippen molar-refractivity contribution in [2.75, 3.05) is 16.6 Å². The lowest BCUT2D eigenvalue weighted by molar-refractivity contribution is -0.383. The van der Waals surface area contributed by atoms with E-state index in [2.05, 4.69) is 15.0 Å².